The Morgan fingerprint density at radius 3 is 2.94 bits per heavy atom. The number of rotatable bonds is 3. The summed E-state index contributed by atoms with van der Waals surface area (Å²) < 4.78 is 28.5. The van der Waals surface area contributed by atoms with Crippen LogP contribution in [0, 0.1) is 12.7 Å². The topological polar surface area (TPSA) is 73.7 Å². The molecule has 7 nitrogen and oxygen atoms in total. The second kappa shape index (κ2) is 9.00. The number of halogens is 2. The molecule has 3 aromatic rings. The van der Waals surface area contributed by atoms with Gasteiger partial charge < -0.3 is 18.9 Å². The molecule has 0 unspecified atom stereocenters. The highest BCUT2D eigenvalue weighted by atomic mass is 35.5. The number of carbonyl (C=O) groups is 2. The lowest BCUT2D eigenvalue weighted by Gasteiger charge is -2.32. The number of morpholine rings is 1. The van der Waals surface area contributed by atoms with Gasteiger partial charge in [-0.15, -0.1) is 0 Å². The number of ketones is 1. The van der Waals surface area contributed by atoms with E-state index >= 15 is 4.39 Å². The smallest absolute Gasteiger partial charge is 0.409 e. The van der Waals surface area contributed by atoms with Gasteiger partial charge in [0.25, 0.3) is 0 Å². The molecule has 1 amide bonds. The van der Waals surface area contributed by atoms with Crippen molar-refractivity contribution in [2.75, 3.05) is 26.8 Å². The summed E-state index contributed by atoms with van der Waals surface area (Å²) in [6, 6.07) is 7.42. The van der Waals surface area contributed by atoms with Gasteiger partial charge in [-0.3, -0.25) is 4.79 Å². The normalized spacial score (nSPS) is 18.3. The number of methoxy groups -OCH3 is 1. The van der Waals surface area contributed by atoms with Gasteiger partial charge in [0.1, 0.15) is 11.6 Å². The van der Waals surface area contributed by atoms with Crippen LogP contribution >= 0.6 is 11.6 Å². The van der Waals surface area contributed by atoms with Gasteiger partial charge in [0.05, 0.1) is 54.5 Å². The molecule has 0 radical (unpaired) electrons. The van der Waals surface area contributed by atoms with Crippen molar-refractivity contribution in [3.05, 3.63) is 51.8 Å². The monoisotopic (exact) mass is 485 g/mol. The van der Waals surface area contributed by atoms with Crippen molar-refractivity contribution >= 4 is 34.5 Å². The molecule has 2 aliphatic rings. The molecule has 1 aromatic heterocycles. The first-order valence-electron chi connectivity index (χ1n) is 11.3. The lowest BCUT2D eigenvalue weighted by Crippen LogP contribution is -2.47. The molecule has 0 bridgehead atoms. The van der Waals surface area contributed by atoms with Crippen LogP contribution in [0.1, 0.15) is 34.3 Å². The molecule has 1 aliphatic carbocycles. The lowest BCUT2D eigenvalue weighted by molar-refractivity contribution is -0.0310. The molecule has 9 heteroatoms. The molecule has 1 atom stereocenters. The van der Waals surface area contributed by atoms with Crippen molar-refractivity contribution in [3.63, 3.8) is 0 Å². The lowest BCUT2D eigenvalue weighted by atomic mass is 9.88. The molecule has 178 valence electrons. The Hall–Kier alpha value is -2.97. The van der Waals surface area contributed by atoms with Gasteiger partial charge in [-0.1, -0.05) is 17.7 Å². The summed E-state index contributed by atoms with van der Waals surface area (Å²) in [4.78, 5) is 30.7. The van der Waals surface area contributed by atoms with Crippen LogP contribution in [0.4, 0.5) is 9.18 Å². The number of Topliss-reactive ketones (excluding diaryl/α,β-unsaturated/α-hetero) is 1. The minimum absolute atomic E-state index is 0.0868. The van der Waals surface area contributed by atoms with E-state index < -0.39 is 11.9 Å². The maximum Gasteiger partial charge on any atom is 0.409 e. The fourth-order valence-electron chi connectivity index (χ4n) is 4.86. The summed E-state index contributed by atoms with van der Waals surface area (Å²) in [5.74, 6) is -0.205. The third-order valence-electron chi connectivity index (χ3n) is 6.54. The number of hydrogen-bond acceptors (Lipinski definition) is 5. The minimum Gasteiger partial charge on any atom is -0.453 e. The van der Waals surface area contributed by atoms with Crippen molar-refractivity contribution in [3.8, 4) is 11.4 Å². The van der Waals surface area contributed by atoms with E-state index in [0.29, 0.717) is 68.0 Å². The molecule has 2 heterocycles. The molecule has 1 fully saturated rings. The van der Waals surface area contributed by atoms with Crippen LogP contribution in [-0.4, -0.2) is 59.2 Å². The third kappa shape index (κ3) is 3.95. The highest BCUT2D eigenvalue weighted by Crippen LogP contribution is 2.38. The summed E-state index contributed by atoms with van der Waals surface area (Å²) in [5, 5.41) is 0.153. The number of carbonyl (C=O) groups excluding carboxylic acids is 2. The molecule has 2 aromatic carbocycles. The first-order valence-corrected chi connectivity index (χ1v) is 11.7. The summed E-state index contributed by atoms with van der Waals surface area (Å²) in [6.07, 6.45) is 0.740. The number of ether oxygens (including phenoxy) is 2. The Balaban J connectivity index is 1.62. The Bertz CT molecular complexity index is 1310. The van der Waals surface area contributed by atoms with E-state index in [-0.39, 0.29) is 22.5 Å². The van der Waals surface area contributed by atoms with Crippen LogP contribution in [0.15, 0.2) is 24.3 Å². The number of aromatic nitrogens is 2. The SMILES string of the molecule is COC(=O)N1CCO[C@@H](Cn2c(-c3c(Cl)cc4c(c3F)CCCC4=O)nc3cc(C)ccc32)C1. The van der Waals surface area contributed by atoms with E-state index in [4.69, 9.17) is 26.1 Å². The highest BCUT2D eigenvalue weighted by molar-refractivity contribution is 6.33. The van der Waals surface area contributed by atoms with E-state index in [1.807, 2.05) is 29.7 Å². The van der Waals surface area contributed by atoms with Crippen LogP contribution in [-0.2, 0) is 22.4 Å². The number of amides is 1. The fourth-order valence-corrected chi connectivity index (χ4v) is 5.14. The van der Waals surface area contributed by atoms with Gasteiger partial charge in [0, 0.05) is 18.5 Å². The standard InChI is InChI=1S/C25H25ClFN3O4/c1-14-6-7-20-19(10-14)28-24(30(20)13-15-12-29(8-9-34-15)25(32)33-2)22-18(26)11-17-16(23(22)27)4-3-5-21(17)31/h6-7,10-11,15H,3-5,8-9,12-13H2,1-2H3/t15-/m1/s1. The molecule has 5 rings (SSSR count). The molecular weight excluding hydrogens is 461 g/mol. The first-order chi connectivity index (χ1) is 16.4. The summed E-state index contributed by atoms with van der Waals surface area (Å²) in [5.41, 5.74) is 3.49. The van der Waals surface area contributed by atoms with Crippen LogP contribution < -0.4 is 0 Å². The van der Waals surface area contributed by atoms with E-state index in [0.717, 1.165) is 11.1 Å². The third-order valence-corrected chi connectivity index (χ3v) is 6.83. The van der Waals surface area contributed by atoms with E-state index in [9.17, 15) is 9.59 Å². The van der Waals surface area contributed by atoms with Crippen molar-refractivity contribution in [1.29, 1.82) is 0 Å². The number of hydrogen-bond donors (Lipinski definition) is 0. The zero-order chi connectivity index (χ0) is 24.0. The summed E-state index contributed by atoms with van der Waals surface area (Å²) >= 11 is 6.58. The molecule has 0 N–H and O–H groups in total. The Morgan fingerprint density at radius 2 is 2.15 bits per heavy atom. The van der Waals surface area contributed by atoms with E-state index in [2.05, 4.69) is 0 Å². The van der Waals surface area contributed by atoms with Gasteiger partial charge in [0.15, 0.2) is 5.78 Å². The number of aryl methyl sites for hydroxylation is 1. The minimum atomic E-state index is -0.496. The summed E-state index contributed by atoms with van der Waals surface area (Å²) in [6.45, 7) is 3.46. The van der Waals surface area contributed by atoms with Crippen LogP contribution in [0.3, 0.4) is 0 Å². The van der Waals surface area contributed by atoms with Crippen LogP contribution in [0.5, 0.6) is 0 Å². The molecule has 0 saturated carbocycles. The number of fused-ring (bicyclic) bond motifs is 2. The average molecular weight is 486 g/mol. The van der Waals surface area contributed by atoms with E-state index in [1.54, 1.807) is 11.0 Å². The number of imidazole rings is 1. The maximum absolute atomic E-state index is 15.9. The molecule has 1 aliphatic heterocycles. The quantitative estimate of drug-likeness (QED) is 0.533. The van der Waals surface area contributed by atoms with Crippen molar-refractivity contribution in [2.45, 2.75) is 38.8 Å². The van der Waals surface area contributed by atoms with Crippen LogP contribution in [0.2, 0.25) is 5.02 Å². The van der Waals surface area contributed by atoms with Gasteiger partial charge in [0.2, 0.25) is 0 Å². The van der Waals surface area contributed by atoms with Crippen LogP contribution in [0.25, 0.3) is 22.4 Å². The Morgan fingerprint density at radius 1 is 1.32 bits per heavy atom. The van der Waals surface area contributed by atoms with Crippen molar-refractivity contribution < 1.29 is 23.5 Å². The molecule has 34 heavy (non-hydrogen) atoms. The Labute approximate surface area is 201 Å². The highest BCUT2D eigenvalue weighted by Gasteiger charge is 2.30. The molecule has 0 spiro atoms. The zero-order valence-corrected chi connectivity index (χ0v) is 19.8. The Kier molecular flexibility index (Phi) is 6.04. The molecular formula is C25H25ClFN3O4. The zero-order valence-electron chi connectivity index (χ0n) is 19.1. The van der Waals surface area contributed by atoms with Crippen molar-refractivity contribution in [2.24, 2.45) is 0 Å². The predicted octanol–water partition coefficient (Wildman–Crippen LogP) is 4.79. The van der Waals surface area contributed by atoms with Crippen molar-refractivity contribution in [1.82, 2.24) is 14.5 Å². The van der Waals surface area contributed by atoms with Gasteiger partial charge in [-0.2, -0.15) is 0 Å². The summed E-state index contributed by atoms with van der Waals surface area (Å²) in [7, 11) is 1.35. The maximum atomic E-state index is 15.9. The second-order valence-electron chi connectivity index (χ2n) is 8.80. The predicted molar refractivity (Wildman–Crippen MR) is 126 cm³/mol. The number of nitrogens with zero attached hydrogens (tertiary/aromatic N) is 3. The number of benzene rings is 2. The second-order valence-corrected chi connectivity index (χ2v) is 9.20. The van der Waals surface area contributed by atoms with Gasteiger partial charge in [-0.25, -0.2) is 14.2 Å². The van der Waals surface area contributed by atoms with E-state index in [1.165, 1.54) is 7.11 Å². The molecule has 1 saturated heterocycles. The average Bonchev–Trinajstić information content (AvgIpc) is 3.16. The fraction of sp³-hybridized carbons (Fsp3) is 0.400. The van der Waals surface area contributed by atoms with Gasteiger partial charge >= 0.3 is 6.09 Å². The van der Waals surface area contributed by atoms with Gasteiger partial charge in [-0.05, 0) is 49.1 Å². The largest absolute Gasteiger partial charge is 0.453 e. The first kappa shape index (κ1) is 22.8.